The van der Waals surface area contributed by atoms with Crippen LogP contribution < -0.4 is 10.6 Å². The summed E-state index contributed by atoms with van der Waals surface area (Å²) in [4.78, 5) is 13.4. The Balaban J connectivity index is 1.60. The highest BCUT2D eigenvalue weighted by molar-refractivity contribution is 7.07. The van der Waals surface area contributed by atoms with Crippen LogP contribution in [0.4, 0.5) is 0 Å². The standard InChI is InChI=1S/C20H26N6S/c1-4-21-20(24-11-15(2)18-7-10-27-14-18)25-13-17-5-6-19(23-12-17)26-9-8-22-16(26)3/h5-10,12,14-15H,4,11,13H2,1-3H3,(H2,21,24,25). The Hall–Kier alpha value is -2.67. The lowest BCUT2D eigenvalue weighted by Crippen LogP contribution is -2.39. The largest absolute Gasteiger partial charge is 0.357 e. The average Bonchev–Trinajstić information content (AvgIpc) is 3.36. The molecule has 0 aliphatic rings. The summed E-state index contributed by atoms with van der Waals surface area (Å²) in [5, 5.41) is 11.1. The first-order valence-corrected chi connectivity index (χ1v) is 10.1. The van der Waals surface area contributed by atoms with E-state index in [2.05, 4.69) is 62.3 Å². The van der Waals surface area contributed by atoms with E-state index < -0.39 is 0 Å². The van der Waals surface area contributed by atoms with E-state index >= 15 is 0 Å². The first-order valence-electron chi connectivity index (χ1n) is 9.17. The van der Waals surface area contributed by atoms with E-state index in [9.17, 15) is 0 Å². The van der Waals surface area contributed by atoms with E-state index in [0.29, 0.717) is 12.5 Å². The molecule has 142 valence electrons. The molecule has 6 nitrogen and oxygen atoms in total. The molecule has 0 fully saturated rings. The summed E-state index contributed by atoms with van der Waals surface area (Å²) < 4.78 is 1.96. The lowest BCUT2D eigenvalue weighted by atomic mass is 10.1. The minimum atomic E-state index is 0.444. The van der Waals surface area contributed by atoms with Crippen LogP contribution in [-0.4, -0.2) is 33.6 Å². The second kappa shape index (κ2) is 9.32. The van der Waals surface area contributed by atoms with E-state index in [1.54, 1.807) is 17.5 Å². The van der Waals surface area contributed by atoms with Gasteiger partial charge in [0.05, 0.1) is 6.54 Å². The van der Waals surface area contributed by atoms with Crippen molar-refractivity contribution < 1.29 is 0 Å². The lowest BCUT2D eigenvalue weighted by molar-refractivity contribution is 0.701. The van der Waals surface area contributed by atoms with Crippen LogP contribution in [0.25, 0.3) is 5.82 Å². The van der Waals surface area contributed by atoms with Crippen molar-refractivity contribution in [3.05, 3.63) is 64.5 Å². The van der Waals surface area contributed by atoms with Gasteiger partial charge in [-0.05, 0) is 53.8 Å². The molecule has 0 aromatic carbocycles. The summed E-state index contributed by atoms with van der Waals surface area (Å²) >= 11 is 1.73. The smallest absolute Gasteiger partial charge is 0.191 e. The number of rotatable bonds is 7. The highest BCUT2D eigenvalue weighted by atomic mass is 32.1. The fourth-order valence-corrected chi connectivity index (χ4v) is 3.49. The number of aliphatic imine (C=N–C) groups is 1. The van der Waals surface area contributed by atoms with Crippen molar-refractivity contribution in [3.8, 4) is 5.82 Å². The van der Waals surface area contributed by atoms with Crippen molar-refractivity contribution >= 4 is 17.3 Å². The Labute approximate surface area is 164 Å². The fourth-order valence-electron chi connectivity index (χ4n) is 2.71. The zero-order valence-corrected chi connectivity index (χ0v) is 16.8. The SMILES string of the molecule is CCNC(=NCc1ccc(-n2ccnc2C)nc1)NCC(C)c1ccsc1. The normalized spacial score (nSPS) is 12.8. The van der Waals surface area contributed by atoms with Gasteiger partial charge in [-0.1, -0.05) is 13.0 Å². The van der Waals surface area contributed by atoms with Gasteiger partial charge in [0.25, 0.3) is 0 Å². The van der Waals surface area contributed by atoms with Crippen molar-refractivity contribution in [2.24, 2.45) is 4.99 Å². The number of nitrogens with one attached hydrogen (secondary N) is 2. The number of hydrogen-bond acceptors (Lipinski definition) is 4. The van der Waals surface area contributed by atoms with Gasteiger partial charge in [-0.3, -0.25) is 4.57 Å². The maximum absolute atomic E-state index is 4.68. The molecule has 1 atom stereocenters. The summed E-state index contributed by atoms with van der Waals surface area (Å²) in [6.45, 7) is 8.52. The zero-order chi connectivity index (χ0) is 19.1. The molecular weight excluding hydrogens is 356 g/mol. The molecule has 3 heterocycles. The lowest BCUT2D eigenvalue weighted by Gasteiger charge is -2.15. The summed E-state index contributed by atoms with van der Waals surface area (Å²) in [7, 11) is 0. The zero-order valence-electron chi connectivity index (χ0n) is 16.0. The Morgan fingerprint density at radius 1 is 1.26 bits per heavy atom. The van der Waals surface area contributed by atoms with Crippen LogP contribution in [0.2, 0.25) is 0 Å². The second-order valence-electron chi connectivity index (χ2n) is 6.40. The monoisotopic (exact) mass is 382 g/mol. The topological polar surface area (TPSA) is 67.1 Å². The maximum Gasteiger partial charge on any atom is 0.191 e. The minimum Gasteiger partial charge on any atom is -0.357 e. The van der Waals surface area contributed by atoms with E-state index in [1.807, 2.05) is 30.0 Å². The molecule has 27 heavy (non-hydrogen) atoms. The predicted molar refractivity (Wildman–Crippen MR) is 112 cm³/mol. The number of thiophene rings is 1. The third kappa shape index (κ3) is 5.17. The van der Waals surface area contributed by atoms with Crippen LogP contribution >= 0.6 is 11.3 Å². The number of hydrogen-bond donors (Lipinski definition) is 2. The van der Waals surface area contributed by atoms with Gasteiger partial charge in [0.2, 0.25) is 0 Å². The molecular formula is C20H26N6S. The number of guanidine groups is 1. The van der Waals surface area contributed by atoms with E-state index in [4.69, 9.17) is 0 Å². The van der Waals surface area contributed by atoms with Crippen molar-refractivity contribution in [1.82, 2.24) is 25.2 Å². The quantitative estimate of drug-likeness (QED) is 0.485. The molecule has 0 saturated carbocycles. The molecule has 0 amide bonds. The molecule has 0 saturated heterocycles. The maximum atomic E-state index is 4.68. The van der Waals surface area contributed by atoms with Gasteiger partial charge >= 0.3 is 0 Å². The summed E-state index contributed by atoms with van der Waals surface area (Å²) in [5.74, 6) is 3.06. The number of nitrogens with zero attached hydrogens (tertiary/aromatic N) is 4. The number of imidazole rings is 1. The van der Waals surface area contributed by atoms with Gasteiger partial charge in [-0.15, -0.1) is 0 Å². The van der Waals surface area contributed by atoms with Crippen LogP contribution in [0, 0.1) is 6.92 Å². The Bertz CT molecular complexity index is 851. The third-order valence-electron chi connectivity index (χ3n) is 4.33. The van der Waals surface area contributed by atoms with Crippen molar-refractivity contribution in [2.75, 3.05) is 13.1 Å². The summed E-state index contributed by atoms with van der Waals surface area (Å²) in [5.41, 5.74) is 2.43. The van der Waals surface area contributed by atoms with Gasteiger partial charge in [0, 0.05) is 31.7 Å². The molecule has 7 heteroatoms. The molecule has 3 rings (SSSR count). The molecule has 3 aromatic heterocycles. The van der Waals surface area contributed by atoms with Gasteiger partial charge < -0.3 is 10.6 Å². The van der Waals surface area contributed by atoms with Crippen LogP contribution in [0.3, 0.4) is 0 Å². The van der Waals surface area contributed by atoms with Crippen LogP contribution in [0.15, 0.2) is 52.5 Å². The molecule has 2 N–H and O–H groups in total. The van der Waals surface area contributed by atoms with E-state index in [1.165, 1.54) is 5.56 Å². The van der Waals surface area contributed by atoms with Crippen molar-refractivity contribution in [3.63, 3.8) is 0 Å². The first-order chi connectivity index (χ1) is 13.2. The Morgan fingerprint density at radius 3 is 2.78 bits per heavy atom. The Kier molecular flexibility index (Phi) is 6.59. The van der Waals surface area contributed by atoms with Gasteiger partial charge in [0.1, 0.15) is 11.6 Å². The highest BCUT2D eigenvalue weighted by Crippen LogP contribution is 2.17. The van der Waals surface area contributed by atoms with Crippen LogP contribution in [0.5, 0.6) is 0 Å². The first kappa shape index (κ1) is 19.1. The van der Waals surface area contributed by atoms with Crippen LogP contribution in [-0.2, 0) is 6.54 Å². The van der Waals surface area contributed by atoms with Gasteiger partial charge in [0.15, 0.2) is 5.96 Å². The number of pyridine rings is 1. The molecule has 0 spiro atoms. The van der Waals surface area contributed by atoms with E-state index in [-0.39, 0.29) is 0 Å². The van der Waals surface area contributed by atoms with E-state index in [0.717, 1.165) is 36.3 Å². The molecule has 1 unspecified atom stereocenters. The summed E-state index contributed by atoms with van der Waals surface area (Å²) in [6, 6.07) is 6.23. The van der Waals surface area contributed by atoms with Gasteiger partial charge in [-0.25, -0.2) is 15.0 Å². The number of aryl methyl sites for hydroxylation is 1. The second-order valence-corrected chi connectivity index (χ2v) is 7.18. The summed E-state index contributed by atoms with van der Waals surface area (Å²) in [6.07, 6.45) is 5.56. The Morgan fingerprint density at radius 2 is 2.15 bits per heavy atom. The molecule has 0 radical (unpaired) electrons. The minimum absolute atomic E-state index is 0.444. The molecule has 0 aliphatic carbocycles. The van der Waals surface area contributed by atoms with Crippen molar-refractivity contribution in [2.45, 2.75) is 33.2 Å². The highest BCUT2D eigenvalue weighted by Gasteiger charge is 2.07. The average molecular weight is 383 g/mol. The van der Waals surface area contributed by atoms with Crippen LogP contribution in [0.1, 0.15) is 36.7 Å². The van der Waals surface area contributed by atoms with Gasteiger partial charge in [-0.2, -0.15) is 11.3 Å². The fraction of sp³-hybridized carbons (Fsp3) is 0.350. The molecule has 3 aromatic rings. The predicted octanol–water partition coefficient (Wildman–Crippen LogP) is 3.50. The third-order valence-corrected chi connectivity index (χ3v) is 5.04. The van der Waals surface area contributed by atoms with Crippen molar-refractivity contribution in [1.29, 1.82) is 0 Å². The number of aromatic nitrogens is 3. The molecule has 0 bridgehead atoms. The molecule has 0 aliphatic heterocycles.